The Labute approximate surface area is 104 Å². The molecule has 1 heterocycles. The number of carbonyl (C=O) groups excluding carboxylic acids is 1. The molecule has 0 aliphatic heterocycles. The quantitative estimate of drug-likeness (QED) is 0.348. The number of hydrogen-bond donors (Lipinski definition) is 0. The molecular formula is C12H13NO3S. The lowest BCUT2D eigenvalue weighted by Gasteiger charge is -2.02. The normalized spacial score (nSPS) is 11.0. The zero-order chi connectivity index (χ0) is 12.7. The standard InChI is InChI=1S/C12H13NO3S/c1-9-3-6-17-11(9)7-10(8-13)12(14)16-5-4-15-2/h3,6-7H,4-5H2,1-2H3. The fourth-order valence-electron chi connectivity index (χ4n) is 1.10. The Kier molecular flexibility index (Phi) is 5.40. The predicted molar refractivity (Wildman–Crippen MR) is 65.5 cm³/mol. The van der Waals surface area contributed by atoms with Gasteiger partial charge in [0, 0.05) is 12.0 Å². The van der Waals surface area contributed by atoms with Crippen molar-refractivity contribution in [2.75, 3.05) is 20.3 Å². The van der Waals surface area contributed by atoms with E-state index in [0.717, 1.165) is 10.4 Å². The van der Waals surface area contributed by atoms with E-state index in [1.165, 1.54) is 18.4 Å². The van der Waals surface area contributed by atoms with Crippen molar-refractivity contribution < 1.29 is 14.3 Å². The number of nitriles is 1. The number of hydrogen-bond acceptors (Lipinski definition) is 5. The Bertz CT molecular complexity index is 457. The van der Waals surface area contributed by atoms with E-state index in [9.17, 15) is 4.79 Å². The number of ether oxygens (including phenoxy) is 2. The molecule has 0 saturated heterocycles. The molecular weight excluding hydrogens is 238 g/mol. The van der Waals surface area contributed by atoms with Gasteiger partial charge in [-0.15, -0.1) is 11.3 Å². The van der Waals surface area contributed by atoms with E-state index in [4.69, 9.17) is 14.7 Å². The van der Waals surface area contributed by atoms with Crippen LogP contribution in [0.2, 0.25) is 0 Å². The molecule has 0 amide bonds. The van der Waals surface area contributed by atoms with Crippen molar-refractivity contribution >= 4 is 23.4 Å². The zero-order valence-corrected chi connectivity index (χ0v) is 10.5. The molecule has 0 saturated carbocycles. The van der Waals surface area contributed by atoms with Gasteiger partial charge in [-0.3, -0.25) is 0 Å². The van der Waals surface area contributed by atoms with Crippen LogP contribution < -0.4 is 0 Å². The van der Waals surface area contributed by atoms with Crippen LogP contribution in [0.3, 0.4) is 0 Å². The van der Waals surface area contributed by atoms with Crippen molar-refractivity contribution in [1.29, 1.82) is 5.26 Å². The van der Waals surface area contributed by atoms with Crippen LogP contribution in [0.15, 0.2) is 17.0 Å². The van der Waals surface area contributed by atoms with Gasteiger partial charge >= 0.3 is 5.97 Å². The van der Waals surface area contributed by atoms with Crippen LogP contribution in [0.4, 0.5) is 0 Å². The lowest BCUT2D eigenvalue weighted by molar-refractivity contribution is -0.139. The monoisotopic (exact) mass is 251 g/mol. The van der Waals surface area contributed by atoms with Crippen LogP contribution in [-0.4, -0.2) is 26.3 Å². The summed E-state index contributed by atoms with van der Waals surface area (Å²) in [5.74, 6) is -0.614. The van der Waals surface area contributed by atoms with Gasteiger partial charge in [-0.25, -0.2) is 4.79 Å². The van der Waals surface area contributed by atoms with Crippen molar-refractivity contribution in [3.63, 3.8) is 0 Å². The minimum Gasteiger partial charge on any atom is -0.459 e. The summed E-state index contributed by atoms with van der Waals surface area (Å²) in [6, 6.07) is 3.78. The largest absolute Gasteiger partial charge is 0.459 e. The number of aryl methyl sites for hydroxylation is 1. The maximum Gasteiger partial charge on any atom is 0.349 e. The van der Waals surface area contributed by atoms with Crippen molar-refractivity contribution in [2.45, 2.75) is 6.92 Å². The molecule has 0 spiro atoms. The molecule has 1 aromatic rings. The van der Waals surface area contributed by atoms with Crippen LogP contribution >= 0.6 is 11.3 Å². The summed E-state index contributed by atoms with van der Waals surface area (Å²) in [4.78, 5) is 12.4. The first-order valence-corrected chi connectivity index (χ1v) is 5.89. The minimum absolute atomic E-state index is 0.00616. The predicted octanol–water partition coefficient (Wildman–Crippen LogP) is 2.15. The molecule has 0 aliphatic rings. The fraction of sp³-hybridized carbons (Fsp3) is 0.333. The third-order valence-electron chi connectivity index (χ3n) is 2.04. The number of methoxy groups -OCH3 is 1. The van der Waals surface area contributed by atoms with E-state index < -0.39 is 5.97 Å². The SMILES string of the molecule is COCCOC(=O)C(C#N)=Cc1sccc1C. The second kappa shape index (κ2) is 6.84. The van der Waals surface area contributed by atoms with Gasteiger partial charge in [0.2, 0.25) is 0 Å². The summed E-state index contributed by atoms with van der Waals surface area (Å²) in [7, 11) is 1.52. The molecule has 0 aliphatic carbocycles. The maximum absolute atomic E-state index is 11.5. The third-order valence-corrected chi connectivity index (χ3v) is 3.00. The van der Waals surface area contributed by atoms with E-state index >= 15 is 0 Å². The van der Waals surface area contributed by atoms with E-state index in [2.05, 4.69) is 0 Å². The van der Waals surface area contributed by atoms with Gasteiger partial charge in [0.1, 0.15) is 18.2 Å². The summed E-state index contributed by atoms with van der Waals surface area (Å²) >= 11 is 1.48. The Morgan fingerprint density at radius 3 is 2.88 bits per heavy atom. The Morgan fingerprint density at radius 1 is 1.59 bits per heavy atom. The Morgan fingerprint density at radius 2 is 2.35 bits per heavy atom. The molecule has 1 aromatic heterocycles. The van der Waals surface area contributed by atoms with Gasteiger partial charge in [0.15, 0.2) is 0 Å². The van der Waals surface area contributed by atoms with Gasteiger partial charge in [0.05, 0.1) is 6.61 Å². The maximum atomic E-state index is 11.5. The summed E-state index contributed by atoms with van der Waals surface area (Å²) < 4.78 is 9.63. The lowest BCUT2D eigenvalue weighted by Crippen LogP contribution is -2.11. The highest BCUT2D eigenvalue weighted by atomic mass is 32.1. The number of thiophene rings is 1. The van der Waals surface area contributed by atoms with E-state index in [0.29, 0.717) is 6.61 Å². The summed E-state index contributed by atoms with van der Waals surface area (Å²) in [5.41, 5.74) is 1.04. The molecule has 0 radical (unpaired) electrons. The molecule has 90 valence electrons. The van der Waals surface area contributed by atoms with Crippen LogP contribution in [0, 0.1) is 18.3 Å². The lowest BCUT2D eigenvalue weighted by atomic mass is 10.2. The zero-order valence-electron chi connectivity index (χ0n) is 9.73. The number of nitrogens with zero attached hydrogens (tertiary/aromatic N) is 1. The first kappa shape index (κ1) is 13.4. The molecule has 0 bridgehead atoms. The summed E-state index contributed by atoms with van der Waals surface area (Å²) in [6.45, 7) is 2.40. The average molecular weight is 251 g/mol. The molecule has 17 heavy (non-hydrogen) atoms. The molecule has 0 fully saturated rings. The smallest absolute Gasteiger partial charge is 0.349 e. The van der Waals surface area contributed by atoms with Crippen LogP contribution in [0.25, 0.3) is 6.08 Å². The van der Waals surface area contributed by atoms with Gasteiger partial charge in [-0.1, -0.05) is 0 Å². The topological polar surface area (TPSA) is 59.3 Å². The number of esters is 1. The minimum atomic E-state index is -0.614. The first-order valence-electron chi connectivity index (χ1n) is 5.01. The highest BCUT2D eigenvalue weighted by Crippen LogP contribution is 2.19. The van der Waals surface area contributed by atoms with Crippen molar-refractivity contribution in [2.24, 2.45) is 0 Å². The van der Waals surface area contributed by atoms with Crippen molar-refractivity contribution in [3.05, 3.63) is 27.5 Å². The summed E-state index contributed by atoms with van der Waals surface area (Å²) in [5, 5.41) is 10.8. The van der Waals surface area contributed by atoms with Gasteiger partial charge < -0.3 is 9.47 Å². The van der Waals surface area contributed by atoms with Crippen molar-refractivity contribution in [3.8, 4) is 6.07 Å². The molecule has 5 heteroatoms. The third kappa shape index (κ3) is 4.02. The van der Waals surface area contributed by atoms with Crippen LogP contribution in [0.1, 0.15) is 10.4 Å². The second-order valence-electron chi connectivity index (χ2n) is 3.27. The molecule has 1 rings (SSSR count). The number of rotatable bonds is 5. The van der Waals surface area contributed by atoms with Crippen LogP contribution in [-0.2, 0) is 14.3 Å². The molecule has 0 atom stereocenters. The Balaban J connectivity index is 2.72. The average Bonchev–Trinajstić information content (AvgIpc) is 2.72. The van der Waals surface area contributed by atoms with Crippen molar-refractivity contribution in [1.82, 2.24) is 0 Å². The van der Waals surface area contributed by atoms with Gasteiger partial charge in [-0.05, 0) is 30.0 Å². The van der Waals surface area contributed by atoms with E-state index in [1.807, 2.05) is 24.4 Å². The molecule has 0 N–H and O–H groups in total. The molecule has 4 nitrogen and oxygen atoms in total. The molecule has 0 unspecified atom stereocenters. The fourth-order valence-corrected chi connectivity index (χ4v) is 1.95. The van der Waals surface area contributed by atoms with E-state index in [-0.39, 0.29) is 12.2 Å². The van der Waals surface area contributed by atoms with E-state index in [1.54, 1.807) is 6.08 Å². The Hall–Kier alpha value is -1.64. The summed E-state index contributed by atoms with van der Waals surface area (Å²) in [6.07, 6.45) is 1.55. The second-order valence-corrected chi connectivity index (χ2v) is 4.21. The van der Waals surface area contributed by atoms with Gasteiger partial charge in [-0.2, -0.15) is 5.26 Å². The first-order chi connectivity index (χ1) is 8.19. The highest BCUT2D eigenvalue weighted by Gasteiger charge is 2.11. The highest BCUT2D eigenvalue weighted by molar-refractivity contribution is 7.11. The van der Waals surface area contributed by atoms with Crippen LogP contribution in [0.5, 0.6) is 0 Å². The molecule has 0 aromatic carbocycles. The van der Waals surface area contributed by atoms with Gasteiger partial charge in [0.25, 0.3) is 0 Å². The number of carbonyl (C=O) groups is 1.